The Morgan fingerprint density at radius 1 is 0.312 bits per heavy atom. The summed E-state index contributed by atoms with van der Waals surface area (Å²) in [5.41, 5.74) is -6.60. The molecular weight excluding hydrogens is 1120 g/mol. The fourth-order valence-electron chi connectivity index (χ4n) is 11.4. The summed E-state index contributed by atoms with van der Waals surface area (Å²) in [6.45, 7) is 7.61. The minimum absolute atomic E-state index is 0.102. The summed E-state index contributed by atoms with van der Waals surface area (Å²) >= 11 is 0. The molecule has 8 N–H and O–H groups in total. The van der Waals surface area contributed by atoms with Gasteiger partial charge in [-0.1, -0.05) is 143 Å². The third-order valence-electron chi connectivity index (χ3n) is 15.3. The van der Waals surface area contributed by atoms with Crippen LogP contribution in [0.15, 0.2) is 24.3 Å². The Hall–Kier alpha value is -5.08. The van der Waals surface area contributed by atoms with Crippen molar-refractivity contribution in [2.45, 2.75) is 203 Å². The summed E-state index contributed by atoms with van der Waals surface area (Å²) in [5.74, 6) is -21.0. The van der Waals surface area contributed by atoms with Gasteiger partial charge in [-0.2, -0.15) is 33.7 Å². The first-order chi connectivity index (χ1) is 37.4. The quantitative estimate of drug-likeness (QED) is 0.0194. The highest BCUT2D eigenvalue weighted by Gasteiger charge is 2.36. The monoisotopic (exact) mass is 1200 g/mol. The van der Waals surface area contributed by atoms with Gasteiger partial charge >= 0.3 is 0 Å². The Balaban J connectivity index is 2.24. The van der Waals surface area contributed by atoms with Crippen LogP contribution in [-0.2, 0) is 63.5 Å². The van der Waals surface area contributed by atoms with Gasteiger partial charge in [0.15, 0.2) is 0 Å². The number of rotatable bonds is 28. The number of hydrogen-bond acceptors (Lipinski definition) is 16. The van der Waals surface area contributed by atoms with E-state index in [2.05, 4.69) is 0 Å². The lowest BCUT2D eigenvalue weighted by Crippen LogP contribution is -2.20. The number of fused-ring (bicyclic) bond motifs is 8. The standard InChI is InChI=1S/C56H80O20S4/c1-5-9-13-17-21-33-37-25-39(51(59)45(49(37)57)29-77(65,66)67)34(22-18-14-10-6-2)41-27-43(55(63)47(53(41)61)31-79(71,72)73)36(24-20-16-12-8-4)44-28-42(54(62)48(56(44)64)32-80(74,75)76)35(23-19-15-11-7-3)40-26-38(33)50(58)46(52(40)60)30-78(68,69)70/h25-28,33-36,57-64H,5-24,29-32H2,1-4H3,(H,65,66,67)(H,68,69,70)(H,71,72,73)(H,74,75,76)/p-4. The van der Waals surface area contributed by atoms with Crippen LogP contribution in [0.2, 0.25) is 0 Å². The van der Waals surface area contributed by atoms with Gasteiger partial charge in [-0.15, -0.1) is 23.0 Å². The van der Waals surface area contributed by atoms with Gasteiger partial charge in [0.25, 0.3) is 40.5 Å². The van der Waals surface area contributed by atoms with Crippen molar-refractivity contribution in [2.24, 2.45) is 0 Å². The van der Waals surface area contributed by atoms with Crippen molar-refractivity contribution in [3.8, 4) is 46.0 Å². The Labute approximate surface area is 470 Å². The highest BCUT2D eigenvalue weighted by molar-refractivity contribution is 7.85. The van der Waals surface area contributed by atoms with E-state index in [1.165, 1.54) is 12.1 Å². The minimum Gasteiger partial charge on any atom is -0.872 e. The van der Waals surface area contributed by atoms with Crippen molar-refractivity contribution in [3.63, 3.8) is 0 Å². The van der Waals surface area contributed by atoms with E-state index in [1.807, 2.05) is 27.7 Å². The zero-order chi connectivity index (χ0) is 59.7. The maximum absolute atomic E-state index is 15.2. The van der Waals surface area contributed by atoms with Crippen molar-refractivity contribution < 1.29 is 92.7 Å². The molecule has 0 aliphatic heterocycles. The predicted octanol–water partition coefficient (Wildman–Crippen LogP) is 9.08. The molecule has 0 aromatic heterocycles. The summed E-state index contributed by atoms with van der Waals surface area (Å²) in [4.78, 5) is 0. The molecule has 24 heteroatoms. The average Bonchev–Trinajstić information content (AvgIpc) is 3.35. The molecule has 2 unspecified atom stereocenters. The van der Waals surface area contributed by atoms with Gasteiger partial charge in [0.2, 0.25) is 0 Å². The topological polar surface area (TPSA) is 391 Å². The number of aromatic hydroxyl groups is 4. The molecule has 5 rings (SSSR count). The first-order valence-electron chi connectivity index (χ1n) is 27.4. The van der Waals surface area contributed by atoms with Gasteiger partial charge in [-0.05, 0) is 71.2 Å². The molecule has 0 heterocycles. The number of phenolic OH excluding ortho intramolecular Hbond substituents is 4. The first-order valence-corrected chi connectivity index (χ1v) is 33.9. The zero-order valence-corrected chi connectivity index (χ0v) is 49.0. The van der Waals surface area contributed by atoms with Crippen molar-refractivity contribution in [1.29, 1.82) is 0 Å². The van der Waals surface area contributed by atoms with Gasteiger partial charge in [0, 0.05) is 45.9 Å². The van der Waals surface area contributed by atoms with Gasteiger partial charge in [0.05, 0.1) is 22.6 Å². The van der Waals surface area contributed by atoms with E-state index in [-0.39, 0.29) is 73.6 Å². The number of unbranched alkanes of at least 4 members (excludes halogenated alkanes) is 12. The third kappa shape index (κ3) is 16.6. The molecule has 20 nitrogen and oxygen atoms in total. The summed E-state index contributed by atoms with van der Waals surface area (Å²) in [6, 6.07) is 4.62. The second kappa shape index (κ2) is 27.8. The molecule has 80 heavy (non-hydrogen) atoms. The first kappa shape index (κ1) is 65.7. The van der Waals surface area contributed by atoms with E-state index in [9.17, 15) is 72.3 Å². The SMILES string of the molecule is CCCCCCC1c2cc(c([O-])c(CS(=O)(=O)O)c2[O-])C(CCCCCC)c2cc(c(O)c(CS(=O)(=O)O)c2O)C(CCCCCC)c2cc(c(O)c(CS(=O)(=O)O)c2O)C(CCCCCC)c2cc1c([O-])c(CS(=O)(=O)O)c2[O-]. The fraction of sp³-hybridized carbons (Fsp3) is 0.571. The number of benzene rings is 4. The fourth-order valence-corrected chi connectivity index (χ4v) is 13.9. The lowest BCUT2D eigenvalue weighted by atomic mass is 9.74. The van der Waals surface area contributed by atoms with E-state index in [0.29, 0.717) is 77.0 Å². The molecule has 1 aliphatic rings. The second-order valence-electron chi connectivity index (χ2n) is 21.4. The van der Waals surface area contributed by atoms with Gasteiger partial charge in [0.1, 0.15) is 34.5 Å². The van der Waals surface area contributed by atoms with Crippen LogP contribution in [0.3, 0.4) is 0 Å². The summed E-state index contributed by atoms with van der Waals surface area (Å²) in [7, 11) is -20.9. The van der Waals surface area contributed by atoms with Crippen LogP contribution in [0.5, 0.6) is 46.0 Å². The van der Waals surface area contributed by atoms with Crippen LogP contribution >= 0.6 is 0 Å². The van der Waals surface area contributed by atoms with Crippen LogP contribution in [0.25, 0.3) is 0 Å². The average molecular weight is 1200 g/mol. The van der Waals surface area contributed by atoms with Crippen LogP contribution in [0.4, 0.5) is 0 Å². The van der Waals surface area contributed by atoms with Crippen molar-refractivity contribution in [3.05, 3.63) is 91.0 Å². The molecule has 0 spiro atoms. The molecule has 0 fully saturated rings. The Bertz CT molecular complexity index is 2750. The molecular formula is C56H76O20S4-4. The Morgan fingerprint density at radius 3 is 0.713 bits per heavy atom. The lowest BCUT2D eigenvalue weighted by molar-refractivity contribution is -0.283. The van der Waals surface area contributed by atoms with Crippen molar-refractivity contribution >= 4 is 40.5 Å². The number of phenols is 4. The van der Waals surface area contributed by atoms with Crippen molar-refractivity contribution in [2.75, 3.05) is 0 Å². The van der Waals surface area contributed by atoms with Crippen LogP contribution < -0.4 is 20.4 Å². The van der Waals surface area contributed by atoms with E-state index < -0.39 is 178 Å². The zero-order valence-electron chi connectivity index (χ0n) is 45.7. The highest BCUT2D eigenvalue weighted by Crippen LogP contribution is 2.55. The molecule has 4 aromatic rings. The van der Waals surface area contributed by atoms with E-state index in [1.54, 1.807) is 0 Å². The molecule has 0 saturated carbocycles. The van der Waals surface area contributed by atoms with E-state index >= 15 is 20.4 Å². The summed E-state index contributed by atoms with van der Waals surface area (Å²) in [5, 5.41) is 110. The predicted molar refractivity (Wildman–Crippen MR) is 294 cm³/mol. The molecule has 0 amide bonds. The van der Waals surface area contributed by atoms with Crippen LogP contribution in [0, 0.1) is 0 Å². The van der Waals surface area contributed by atoms with Gasteiger partial charge in [-0.3, -0.25) is 18.2 Å². The molecule has 0 saturated heterocycles. The van der Waals surface area contributed by atoms with Gasteiger partial charge < -0.3 is 40.9 Å². The normalized spacial score (nSPS) is 17.0. The molecule has 448 valence electrons. The second-order valence-corrected chi connectivity index (χ2v) is 27.2. The van der Waals surface area contributed by atoms with E-state index in [0.717, 1.165) is 12.1 Å². The van der Waals surface area contributed by atoms with Crippen molar-refractivity contribution in [1.82, 2.24) is 0 Å². The lowest BCUT2D eigenvalue weighted by Gasteiger charge is -2.38. The van der Waals surface area contributed by atoms with Crippen LogP contribution in [-0.4, -0.2) is 72.3 Å². The summed E-state index contributed by atoms with van der Waals surface area (Å²) in [6.07, 6.45) is 7.47. The molecule has 0 radical (unpaired) electrons. The maximum Gasteiger partial charge on any atom is 0.269 e. The minimum atomic E-state index is -5.25. The smallest absolute Gasteiger partial charge is 0.269 e. The Morgan fingerprint density at radius 2 is 0.500 bits per heavy atom. The highest BCUT2D eigenvalue weighted by atomic mass is 32.2. The summed E-state index contributed by atoms with van der Waals surface area (Å²) < 4.78 is 145. The largest absolute Gasteiger partial charge is 0.872 e. The van der Waals surface area contributed by atoms with Crippen LogP contribution in [0.1, 0.15) is 247 Å². The maximum atomic E-state index is 15.2. The van der Waals surface area contributed by atoms with E-state index in [4.69, 9.17) is 0 Å². The molecule has 8 bridgehead atoms. The molecule has 1 aliphatic carbocycles. The molecule has 4 aromatic carbocycles. The Kier molecular flexibility index (Phi) is 22.8. The van der Waals surface area contributed by atoms with Gasteiger partial charge in [-0.25, -0.2) is 0 Å². The molecule has 2 atom stereocenters. The number of hydrogen-bond donors (Lipinski definition) is 8. The third-order valence-corrected chi connectivity index (χ3v) is 17.9.